The lowest BCUT2D eigenvalue weighted by Gasteiger charge is -2.16. The summed E-state index contributed by atoms with van der Waals surface area (Å²) < 4.78 is 0. The van der Waals surface area contributed by atoms with Gasteiger partial charge in [-0.1, -0.05) is 47.5 Å². The molecule has 0 radical (unpaired) electrons. The number of rotatable bonds is 5. The van der Waals surface area contributed by atoms with E-state index in [0.717, 1.165) is 5.56 Å². The molecule has 0 spiro atoms. The molecule has 1 atom stereocenters. The third-order valence-corrected chi connectivity index (χ3v) is 3.82. The van der Waals surface area contributed by atoms with Gasteiger partial charge in [0.1, 0.15) is 0 Å². The normalized spacial score (nSPS) is 11.6. The van der Waals surface area contributed by atoms with Crippen molar-refractivity contribution in [1.29, 1.82) is 0 Å². The van der Waals surface area contributed by atoms with Crippen LogP contribution < -0.4 is 10.6 Å². The highest BCUT2D eigenvalue weighted by atomic mass is 35.5. The fourth-order valence-electron chi connectivity index (χ4n) is 2.09. The Morgan fingerprint density at radius 1 is 1.09 bits per heavy atom. The number of hydrogen-bond donors (Lipinski definition) is 2. The van der Waals surface area contributed by atoms with E-state index in [1.807, 2.05) is 25.1 Å². The molecule has 4 nitrogen and oxygen atoms in total. The Balaban J connectivity index is 1.88. The Bertz CT molecular complexity index is 719. The number of halogens is 2. The van der Waals surface area contributed by atoms with Gasteiger partial charge in [0.25, 0.3) is 5.91 Å². The predicted octanol–water partition coefficient (Wildman–Crippen LogP) is 3.60. The van der Waals surface area contributed by atoms with Crippen molar-refractivity contribution < 1.29 is 9.59 Å². The van der Waals surface area contributed by atoms with Crippen molar-refractivity contribution in [3.05, 3.63) is 69.7 Å². The third kappa shape index (κ3) is 4.98. The van der Waals surface area contributed by atoms with Gasteiger partial charge in [-0.25, -0.2) is 0 Å². The first-order valence-corrected chi connectivity index (χ1v) is 7.80. The molecule has 2 aromatic carbocycles. The summed E-state index contributed by atoms with van der Waals surface area (Å²) in [5.41, 5.74) is 1.23. The van der Waals surface area contributed by atoms with Gasteiger partial charge in [-0.15, -0.1) is 0 Å². The Kier molecular flexibility index (Phi) is 6.02. The second-order valence-corrected chi connectivity index (χ2v) is 5.85. The van der Waals surface area contributed by atoms with Crippen LogP contribution in [0.15, 0.2) is 48.5 Å². The fourth-order valence-corrected chi connectivity index (χ4v) is 2.58. The molecule has 6 heteroatoms. The smallest absolute Gasteiger partial charge is 0.251 e. The summed E-state index contributed by atoms with van der Waals surface area (Å²) in [6.45, 7) is 1.71. The van der Waals surface area contributed by atoms with E-state index in [9.17, 15) is 9.59 Å². The minimum absolute atomic E-state index is 0.125. The fraction of sp³-hybridized carbons (Fsp3) is 0.176. The van der Waals surface area contributed by atoms with Gasteiger partial charge in [0.05, 0.1) is 12.6 Å². The molecule has 0 saturated heterocycles. The van der Waals surface area contributed by atoms with E-state index < -0.39 is 0 Å². The van der Waals surface area contributed by atoms with E-state index in [1.54, 1.807) is 30.3 Å². The molecule has 2 amide bonds. The Labute approximate surface area is 144 Å². The lowest BCUT2D eigenvalue weighted by atomic mass is 10.1. The van der Waals surface area contributed by atoms with Crippen molar-refractivity contribution in [1.82, 2.24) is 10.6 Å². The summed E-state index contributed by atoms with van der Waals surface area (Å²) in [6.07, 6.45) is 0. The molecule has 2 rings (SSSR count). The summed E-state index contributed by atoms with van der Waals surface area (Å²) in [4.78, 5) is 23.9. The van der Waals surface area contributed by atoms with Crippen LogP contribution in [-0.2, 0) is 4.79 Å². The third-order valence-electron chi connectivity index (χ3n) is 3.25. The van der Waals surface area contributed by atoms with Gasteiger partial charge >= 0.3 is 0 Å². The van der Waals surface area contributed by atoms with Gasteiger partial charge in [-0.2, -0.15) is 0 Å². The first-order chi connectivity index (χ1) is 11.0. The Morgan fingerprint density at radius 3 is 2.52 bits per heavy atom. The lowest BCUT2D eigenvalue weighted by Crippen LogP contribution is -2.38. The van der Waals surface area contributed by atoms with Gasteiger partial charge in [0, 0.05) is 15.6 Å². The van der Waals surface area contributed by atoms with Crippen LogP contribution in [0, 0.1) is 0 Å². The van der Waals surface area contributed by atoms with Crippen molar-refractivity contribution in [3.8, 4) is 0 Å². The van der Waals surface area contributed by atoms with E-state index in [1.165, 1.54) is 0 Å². The van der Waals surface area contributed by atoms with Crippen molar-refractivity contribution in [2.75, 3.05) is 6.54 Å². The largest absolute Gasteiger partial charge is 0.348 e. The van der Waals surface area contributed by atoms with E-state index >= 15 is 0 Å². The molecule has 0 aliphatic carbocycles. The van der Waals surface area contributed by atoms with Gasteiger partial charge < -0.3 is 10.6 Å². The van der Waals surface area contributed by atoms with Crippen LogP contribution in [-0.4, -0.2) is 18.4 Å². The molecule has 2 aromatic rings. The average molecular weight is 351 g/mol. The summed E-state index contributed by atoms with van der Waals surface area (Å²) in [6, 6.07) is 13.6. The molecule has 0 aromatic heterocycles. The van der Waals surface area contributed by atoms with E-state index in [2.05, 4.69) is 10.6 Å². The van der Waals surface area contributed by atoms with Crippen molar-refractivity contribution in [3.63, 3.8) is 0 Å². The van der Waals surface area contributed by atoms with Crippen LogP contribution in [0.2, 0.25) is 10.0 Å². The van der Waals surface area contributed by atoms with Crippen LogP contribution in [0.3, 0.4) is 0 Å². The number of nitrogens with one attached hydrogen (secondary N) is 2. The molecule has 120 valence electrons. The summed E-state index contributed by atoms with van der Waals surface area (Å²) in [5.74, 6) is -0.652. The maximum absolute atomic E-state index is 11.9. The first kappa shape index (κ1) is 17.3. The first-order valence-electron chi connectivity index (χ1n) is 7.05. The second kappa shape index (κ2) is 7.99. The van der Waals surface area contributed by atoms with Gasteiger partial charge in [-0.05, 0) is 36.8 Å². The molecule has 0 saturated carbocycles. The minimum Gasteiger partial charge on any atom is -0.348 e. The molecule has 0 fully saturated rings. The number of carbonyl (C=O) groups excluding carboxylic acids is 2. The van der Waals surface area contributed by atoms with E-state index in [-0.39, 0.29) is 24.4 Å². The van der Waals surface area contributed by atoms with Gasteiger partial charge in [0.2, 0.25) is 5.91 Å². The molecule has 0 aliphatic heterocycles. The summed E-state index contributed by atoms with van der Waals surface area (Å²) >= 11 is 11.9. The zero-order valence-corrected chi connectivity index (χ0v) is 14.0. The van der Waals surface area contributed by atoms with Crippen LogP contribution >= 0.6 is 23.2 Å². The van der Waals surface area contributed by atoms with E-state index in [4.69, 9.17) is 23.2 Å². The molecule has 1 unspecified atom stereocenters. The standard InChI is InChI=1S/C17H16Cl2N2O2/c1-11(14-7-2-3-8-15(14)19)21-16(22)10-20-17(23)12-5-4-6-13(18)9-12/h2-9,11H,10H2,1H3,(H,20,23)(H,21,22). The van der Waals surface area contributed by atoms with Gasteiger partial charge in [0.15, 0.2) is 0 Å². The number of amides is 2. The number of hydrogen-bond acceptors (Lipinski definition) is 2. The van der Waals surface area contributed by atoms with Gasteiger partial charge in [-0.3, -0.25) is 9.59 Å². The van der Waals surface area contributed by atoms with Crippen LogP contribution in [0.5, 0.6) is 0 Å². The molecule has 0 heterocycles. The topological polar surface area (TPSA) is 58.2 Å². The Hall–Kier alpha value is -2.04. The zero-order valence-electron chi connectivity index (χ0n) is 12.5. The highest BCUT2D eigenvalue weighted by molar-refractivity contribution is 6.31. The highest BCUT2D eigenvalue weighted by Gasteiger charge is 2.13. The van der Waals surface area contributed by atoms with Crippen molar-refractivity contribution in [2.45, 2.75) is 13.0 Å². The quantitative estimate of drug-likeness (QED) is 0.865. The van der Waals surface area contributed by atoms with E-state index in [0.29, 0.717) is 15.6 Å². The predicted molar refractivity (Wildman–Crippen MR) is 91.8 cm³/mol. The van der Waals surface area contributed by atoms with Crippen LogP contribution in [0.25, 0.3) is 0 Å². The highest BCUT2D eigenvalue weighted by Crippen LogP contribution is 2.21. The number of carbonyl (C=O) groups is 2. The minimum atomic E-state index is -0.354. The maximum Gasteiger partial charge on any atom is 0.251 e. The monoisotopic (exact) mass is 350 g/mol. The molecule has 2 N–H and O–H groups in total. The van der Waals surface area contributed by atoms with Crippen LogP contribution in [0.4, 0.5) is 0 Å². The van der Waals surface area contributed by atoms with Crippen molar-refractivity contribution >= 4 is 35.0 Å². The molecule has 0 aliphatic rings. The molecule has 23 heavy (non-hydrogen) atoms. The second-order valence-electron chi connectivity index (χ2n) is 5.00. The lowest BCUT2D eigenvalue weighted by molar-refractivity contribution is -0.120. The molecule has 0 bridgehead atoms. The summed E-state index contributed by atoms with van der Waals surface area (Å²) in [7, 11) is 0. The molecular weight excluding hydrogens is 335 g/mol. The Morgan fingerprint density at radius 2 is 1.83 bits per heavy atom. The van der Waals surface area contributed by atoms with Crippen molar-refractivity contribution in [2.24, 2.45) is 0 Å². The SMILES string of the molecule is CC(NC(=O)CNC(=O)c1cccc(Cl)c1)c1ccccc1Cl. The number of benzene rings is 2. The maximum atomic E-state index is 11.9. The molecular formula is C17H16Cl2N2O2. The summed E-state index contributed by atoms with van der Waals surface area (Å²) in [5, 5.41) is 6.40. The van der Waals surface area contributed by atoms with Crippen LogP contribution in [0.1, 0.15) is 28.9 Å². The zero-order chi connectivity index (χ0) is 16.8. The average Bonchev–Trinajstić information content (AvgIpc) is 2.53.